The topological polar surface area (TPSA) is 81.7 Å². The summed E-state index contributed by atoms with van der Waals surface area (Å²) < 4.78 is 0. The van der Waals surface area contributed by atoms with E-state index in [2.05, 4.69) is 10.6 Å². The van der Waals surface area contributed by atoms with E-state index in [9.17, 15) is 14.7 Å². The summed E-state index contributed by atoms with van der Waals surface area (Å²) in [6.07, 6.45) is -0.794. The van der Waals surface area contributed by atoms with Gasteiger partial charge < -0.3 is 20.6 Å². The first kappa shape index (κ1) is 19.9. The molecule has 1 unspecified atom stereocenters. The van der Waals surface area contributed by atoms with Crippen LogP contribution in [0.15, 0.2) is 48.5 Å². The summed E-state index contributed by atoms with van der Waals surface area (Å²) in [6, 6.07) is 14.0. The summed E-state index contributed by atoms with van der Waals surface area (Å²) in [5.74, 6) is -0.299. The van der Waals surface area contributed by atoms with Crippen molar-refractivity contribution in [3.63, 3.8) is 0 Å². The average molecular weight is 376 g/mol. The van der Waals surface area contributed by atoms with E-state index in [-0.39, 0.29) is 24.9 Å². The number of anilines is 2. The average Bonchev–Trinajstić information content (AvgIpc) is 2.62. The van der Waals surface area contributed by atoms with Crippen molar-refractivity contribution in [3.05, 3.63) is 59.1 Å². The van der Waals surface area contributed by atoms with Gasteiger partial charge in [-0.1, -0.05) is 29.8 Å². The number of rotatable bonds is 7. The second kappa shape index (κ2) is 9.33. The maximum absolute atomic E-state index is 12.0. The Morgan fingerprint density at radius 3 is 2.42 bits per heavy atom. The number of halogens is 1. The highest BCUT2D eigenvalue weighted by Crippen LogP contribution is 2.21. The molecule has 0 aliphatic rings. The first-order valence-corrected chi connectivity index (χ1v) is 8.53. The van der Waals surface area contributed by atoms with Crippen LogP contribution in [0.25, 0.3) is 0 Å². The van der Waals surface area contributed by atoms with Crippen LogP contribution >= 0.6 is 11.6 Å². The van der Waals surface area contributed by atoms with E-state index >= 15 is 0 Å². The third-order valence-corrected chi connectivity index (χ3v) is 4.24. The van der Waals surface area contributed by atoms with Crippen molar-refractivity contribution >= 4 is 34.8 Å². The predicted molar refractivity (Wildman–Crippen MR) is 103 cm³/mol. The molecule has 0 saturated heterocycles. The van der Waals surface area contributed by atoms with Gasteiger partial charge in [0.25, 0.3) is 0 Å². The summed E-state index contributed by atoms with van der Waals surface area (Å²) >= 11 is 6.03. The number of aliphatic hydroxyl groups is 1. The zero-order chi connectivity index (χ0) is 19.1. The molecule has 0 radical (unpaired) electrons. The molecule has 7 heteroatoms. The van der Waals surface area contributed by atoms with Crippen LogP contribution in [0.3, 0.4) is 0 Å². The van der Waals surface area contributed by atoms with Crippen molar-refractivity contribution < 1.29 is 14.7 Å². The molecule has 1 atom stereocenters. The molecule has 26 heavy (non-hydrogen) atoms. The van der Waals surface area contributed by atoms with Crippen molar-refractivity contribution in [1.29, 1.82) is 0 Å². The van der Waals surface area contributed by atoms with Crippen LogP contribution in [0.1, 0.15) is 18.6 Å². The van der Waals surface area contributed by atoms with E-state index in [1.165, 1.54) is 11.8 Å². The van der Waals surface area contributed by atoms with Crippen LogP contribution < -0.4 is 15.5 Å². The van der Waals surface area contributed by atoms with Crippen LogP contribution in [-0.4, -0.2) is 37.1 Å². The monoisotopic (exact) mass is 375 g/mol. The van der Waals surface area contributed by atoms with Gasteiger partial charge in [-0.25, -0.2) is 0 Å². The minimum atomic E-state index is -0.794. The maximum atomic E-state index is 12.0. The van der Waals surface area contributed by atoms with E-state index in [0.29, 0.717) is 16.3 Å². The first-order valence-electron chi connectivity index (χ1n) is 8.16. The Morgan fingerprint density at radius 1 is 1.15 bits per heavy atom. The molecule has 0 fully saturated rings. The van der Waals surface area contributed by atoms with Crippen LogP contribution in [-0.2, 0) is 9.59 Å². The number of carbonyl (C=O) groups is 2. The number of hydrogen-bond acceptors (Lipinski definition) is 4. The summed E-state index contributed by atoms with van der Waals surface area (Å²) in [7, 11) is 1.68. The lowest BCUT2D eigenvalue weighted by atomic mass is 10.1. The van der Waals surface area contributed by atoms with Crippen LogP contribution in [0.2, 0.25) is 5.02 Å². The standard InChI is InChI=1S/C19H22ClN3O3/c1-13(24)23(2)15-9-7-14(8-10-15)22-19(26)12-21-11-18(25)16-5-3-4-6-17(16)20/h3-10,18,21,25H,11-12H2,1-2H3,(H,22,26). The lowest BCUT2D eigenvalue weighted by Gasteiger charge is -2.16. The van der Waals surface area contributed by atoms with Crippen molar-refractivity contribution in [1.82, 2.24) is 5.32 Å². The fourth-order valence-corrected chi connectivity index (χ4v) is 2.59. The van der Waals surface area contributed by atoms with Crippen molar-refractivity contribution in [2.24, 2.45) is 0 Å². The van der Waals surface area contributed by atoms with Gasteiger partial charge in [0.1, 0.15) is 0 Å². The lowest BCUT2D eigenvalue weighted by molar-refractivity contribution is -0.116. The number of aliphatic hydroxyl groups excluding tert-OH is 1. The second-order valence-electron chi connectivity index (χ2n) is 5.84. The third-order valence-electron chi connectivity index (χ3n) is 3.90. The maximum Gasteiger partial charge on any atom is 0.238 e. The summed E-state index contributed by atoms with van der Waals surface area (Å²) in [5.41, 5.74) is 1.99. The van der Waals surface area contributed by atoms with Crippen LogP contribution in [0.5, 0.6) is 0 Å². The van der Waals surface area contributed by atoms with Crippen LogP contribution in [0.4, 0.5) is 11.4 Å². The molecule has 138 valence electrons. The molecule has 6 nitrogen and oxygen atoms in total. The van der Waals surface area contributed by atoms with Gasteiger partial charge in [-0.2, -0.15) is 0 Å². The molecule has 3 N–H and O–H groups in total. The molecule has 2 aromatic carbocycles. The minimum absolute atomic E-state index is 0.0522. The predicted octanol–water partition coefficient (Wildman–Crippen LogP) is 2.58. The van der Waals surface area contributed by atoms with Crippen LogP contribution in [0, 0.1) is 0 Å². The summed E-state index contributed by atoms with van der Waals surface area (Å²) in [4.78, 5) is 24.8. The molecule has 0 bridgehead atoms. The molecule has 0 aromatic heterocycles. The SMILES string of the molecule is CC(=O)N(C)c1ccc(NC(=O)CNCC(O)c2ccccc2Cl)cc1. The lowest BCUT2D eigenvalue weighted by Crippen LogP contribution is -2.31. The van der Waals surface area contributed by atoms with E-state index in [4.69, 9.17) is 11.6 Å². The molecule has 0 heterocycles. The highest BCUT2D eigenvalue weighted by Gasteiger charge is 2.11. The number of carbonyl (C=O) groups excluding carboxylic acids is 2. The van der Waals surface area contributed by atoms with Gasteiger partial charge in [0.15, 0.2) is 0 Å². The quantitative estimate of drug-likeness (QED) is 0.694. The Labute approximate surface area is 157 Å². The van der Waals surface area contributed by atoms with E-state index in [1.807, 2.05) is 0 Å². The van der Waals surface area contributed by atoms with Crippen molar-refractivity contribution in [3.8, 4) is 0 Å². The number of benzene rings is 2. The Balaban J connectivity index is 1.80. The normalized spacial score (nSPS) is 11.7. The molecular formula is C19H22ClN3O3. The van der Waals surface area contributed by atoms with E-state index < -0.39 is 6.10 Å². The van der Waals surface area contributed by atoms with Gasteiger partial charge in [-0.05, 0) is 30.3 Å². The zero-order valence-electron chi connectivity index (χ0n) is 14.7. The Kier molecular flexibility index (Phi) is 7.15. The van der Waals surface area contributed by atoms with Gasteiger partial charge >= 0.3 is 0 Å². The first-order chi connectivity index (χ1) is 12.4. The van der Waals surface area contributed by atoms with Gasteiger partial charge in [-0.15, -0.1) is 0 Å². The smallest absolute Gasteiger partial charge is 0.238 e. The van der Waals surface area contributed by atoms with Gasteiger partial charge in [0, 0.05) is 42.5 Å². The fraction of sp³-hybridized carbons (Fsp3) is 0.263. The largest absolute Gasteiger partial charge is 0.387 e. The number of amides is 2. The molecular weight excluding hydrogens is 354 g/mol. The second-order valence-corrected chi connectivity index (χ2v) is 6.25. The number of hydrogen-bond donors (Lipinski definition) is 3. The Hall–Kier alpha value is -2.41. The molecule has 2 amide bonds. The van der Waals surface area contributed by atoms with Gasteiger partial charge in [0.2, 0.25) is 11.8 Å². The summed E-state index contributed by atoms with van der Waals surface area (Å²) in [6.45, 7) is 1.74. The van der Waals surface area contributed by atoms with Crippen molar-refractivity contribution in [2.45, 2.75) is 13.0 Å². The third kappa shape index (κ3) is 5.56. The highest BCUT2D eigenvalue weighted by molar-refractivity contribution is 6.31. The fourth-order valence-electron chi connectivity index (χ4n) is 2.33. The Bertz CT molecular complexity index is 765. The van der Waals surface area contributed by atoms with Gasteiger partial charge in [-0.3, -0.25) is 9.59 Å². The van der Waals surface area contributed by atoms with Gasteiger partial charge in [0.05, 0.1) is 12.6 Å². The zero-order valence-corrected chi connectivity index (χ0v) is 15.5. The van der Waals surface area contributed by atoms with E-state index in [1.54, 1.807) is 55.6 Å². The molecule has 0 spiro atoms. The molecule has 0 aliphatic heterocycles. The molecule has 2 rings (SSSR count). The summed E-state index contributed by atoms with van der Waals surface area (Å²) in [5, 5.41) is 16.3. The Morgan fingerprint density at radius 2 is 1.81 bits per heavy atom. The number of nitrogens with one attached hydrogen (secondary N) is 2. The minimum Gasteiger partial charge on any atom is -0.387 e. The van der Waals surface area contributed by atoms with E-state index in [0.717, 1.165) is 5.69 Å². The van der Waals surface area contributed by atoms with Crippen molar-refractivity contribution in [2.75, 3.05) is 30.4 Å². The molecule has 0 saturated carbocycles. The highest BCUT2D eigenvalue weighted by atomic mass is 35.5. The molecule has 2 aromatic rings. The molecule has 0 aliphatic carbocycles. The number of nitrogens with zero attached hydrogens (tertiary/aromatic N) is 1.